The van der Waals surface area contributed by atoms with Crippen molar-refractivity contribution in [3.8, 4) is 0 Å². The average molecular weight is 663 g/mol. The number of rotatable bonds is 29. The smallest absolute Gasteiger partial charge is 0.321 e. The van der Waals surface area contributed by atoms with Crippen molar-refractivity contribution in [3.05, 3.63) is 0 Å². The molecule has 0 aromatic carbocycles. The number of carboxylic acid groups (broad SMARTS) is 3. The number of aliphatic carboxylic acids is 3. The van der Waals surface area contributed by atoms with E-state index in [1.54, 1.807) is 9.80 Å². The highest BCUT2D eigenvalue weighted by Gasteiger charge is 2.20. The predicted molar refractivity (Wildman–Crippen MR) is 165 cm³/mol. The lowest BCUT2D eigenvalue weighted by molar-refractivity contribution is -0.145. The second-order valence-corrected chi connectivity index (χ2v) is 9.98. The van der Waals surface area contributed by atoms with Crippen LogP contribution in [0.5, 0.6) is 0 Å². The van der Waals surface area contributed by atoms with Gasteiger partial charge < -0.3 is 57.9 Å². The Kier molecular flexibility index (Phi) is 24.0. The van der Waals surface area contributed by atoms with Crippen molar-refractivity contribution >= 4 is 41.5 Å². The van der Waals surface area contributed by atoms with Crippen molar-refractivity contribution in [2.75, 3.05) is 112 Å². The molecule has 264 valence electrons. The van der Waals surface area contributed by atoms with Gasteiger partial charge in [0, 0.05) is 79.5 Å². The maximum Gasteiger partial charge on any atom is 0.321 e. The van der Waals surface area contributed by atoms with Crippen LogP contribution in [0.3, 0.4) is 0 Å². The number of hydrogen-bond acceptors (Lipinski definition) is 13. The van der Waals surface area contributed by atoms with Gasteiger partial charge in [-0.3, -0.25) is 43.4 Å². The van der Waals surface area contributed by atoms with E-state index in [1.807, 2.05) is 0 Å². The topological polar surface area (TPSA) is 283 Å². The van der Waals surface area contributed by atoms with Crippen LogP contribution in [0.15, 0.2) is 0 Å². The first kappa shape index (κ1) is 42.0. The minimum absolute atomic E-state index is 0.000280. The Bertz CT molecular complexity index is 972. The molecular formula is C26H50N10O10. The summed E-state index contributed by atoms with van der Waals surface area (Å²) in [6, 6.07) is -1.21. The lowest BCUT2D eigenvalue weighted by atomic mass is 10.2. The largest absolute Gasteiger partial charge is 0.481 e. The van der Waals surface area contributed by atoms with Gasteiger partial charge >= 0.3 is 17.9 Å². The zero-order valence-corrected chi connectivity index (χ0v) is 26.5. The summed E-state index contributed by atoms with van der Waals surface area (Å²) in [5.41, 5.74) is 0. The van der Waals surface area contributed by atoms with Gasteiger partial charge in [0.2, 0.25) is 23.6 Å². The fourth-order valence-electron chi connectivity index (χ4n) is 3.77. The van der Waals surface area contributed by atoms with Crippen LogP contribution in [0.2, 0.25) is 0 Å². The van der Waals surface area contributed by atoms with Crippen molar-refractivity contribution in [1.29, 1.82) is 0 Å². The Morgan fingerprint density at radius 1 is 0.543 bits per heavy atom. The first-order chi connectivity index (χ1) is 21.9. The quantitative estimate of drug-likeness (QED) is 0.0332. The maximum absolute atomic E-state index is 12.5. The highest BCUT2D eigenvalue weighted by atomic mass is 16.4. The van der Waals surface area contributed by atoms with Crippen molar-refractivity contribution in [2.24, 2.45) is 0 Å². The summed E-state index contributed by atoms with van der Waals surface area (Å²) in [6.07, 6.45) is -0.556. The van der Waals surface area contributed by atoms with E-state index in [0.29, 0.717) is 45.8 Å². The summed E-state index contributed by atoms with van der Waals surface area (Å²) in [7, 11) is 2.96. The second kappa shape index (κ2) is 26.3. The van der Waals surface area contributed by atoms with Gasteiger partial charge in [-0.25, -0.2) is 0 Å². The van der Waals surface area contributed by atoms with Gasteiger partial charge in [0.25, 0.3) is 0 Å². The number of carbonyl (C=O) groups is 7. The molecule has 0 aromatic heterocycles. The van der Waals surface area contributed by atoms with E-state index in [9.17, 15) is 33.6 Å². The molecule has 0 radical (unpaired) electrons. The number of nitrogens with zero attached hydrogens (tertiary/aromatic N) is 2. The van der Waals surface area contributed by atoms with Crippen LogP contribution in [-0.2, 0) is 33.6 Å². The van der Waals surface area contributed by atoms with Gasteiger partial charge in [-0.1, -0.05) is 0 Å². The molecule has 0 fully saturated rings. The molecule has 0 aromatic rings. The minimum atomic E-state index is -1.27. The summed E-state index contributed by atoms with van der Waals surface area (Å²) in [4.78, 5) is 84.3. The SMILES string of the molecule is CNC(=O)CN(CCNCCNCC(=O)O)CC(=O)NCCNC(=O)CN(CCNCCNC(CC(=O)O)C(=O)O)CC(=O)NC. The summed E-state index contributed by atoms with van der Waals surface area (Å²) in [6.45, 7) is 2.91. The summed E-state index contributed by atoms with van der Waals surface area (Å²) in [5, 5.41) is 48.3. The molecular weight excluding hydrogens is 612 g/mol. The fraction of sp³-hybridized carbons (Fsp3) is 0.731. The normalized spacial score (nSPS) is 11.6. The summed E-state index contributed by atoms with van der Waals surface area (Å²) < 4.78 is 0. The molecule has 0 aliphatic carbocycles. The molecule has 11 N–H and O–H groups in total. The molecule has 0 saturated carbocycles. The van der Waals surface area contributed by atoms with Gasteiger partial charge in [0.05, 0.1) is 39.1 Å². The predicted octanol–water partition coefficient (Wildman–Crippen LogP) is -6.31. The molecule has 0 bridgehead atoms. The molecule has 0 aliphatic heterocycles. The Morgan fingerprint density at radius 3 is 1.39 bits per heavy atom. The van der Waals surface area contributed by atoms with E-state index in [-0.39, 0.29) is 76.0 Å². The highest BCUT2D eigenvalue weighted by molar-refractivity contribution is 5.82. The molecule has 0 saturated heterocycles. The third-order valence-electron chi connectivity index (χ3n) is 6.13. The van der Waals surface area contributed by atoms with Crippen LogP contribution in [-0.4, -0.2) is 185 Å². The van der Waals surface area contributed by atoms with Crippen LogP contribution in [0, 0.1) is 0 Å². The van der Waals surface area contributed by atoms with Crippen molar-refractivity contribution < 1.29 is 48.9 Å². The Labute approximate surface area is 267 Å². The van der Waals surface area contributed by atoms with Crippen molar-refractivity contribution in [3.63, 3.8) is 0 Å². The molecule has 20 nitrogen and oxygen atoms in total. The highest BCUT2D eigenvalue weighted by Crippen LogP contribution is 1.92. The van der Waals surface area contributed by atoms with Gasteiger partial charge in [0.1, 0.15) is 6.04 Å². The second-order valence-electron chi connectivity index (χ2n) is 9.98. The van der Waals surface area contributed by atoms with Crippen LogP contribution in [0.25, 0.3) is 0 Å². The Balaban J connectivity index is 4.49. The summed E-state index contributed by atoms with van der Waals surface area (Å²) in [5.74, 6) is -4.73. The van der Waals surface area contributed by atoms with Crippen LogP contribution >= 0.6 is 0 Å². The minimum Gasteiger partial charge on any atom is -0.481 e. The van der Waals surface area contributed by atoms with Crippen molar-refractivity contribution in [1.82, 2.24) is 52.3 Å². The monoisotopic (exact) mass is 662 g/mol. The Hall–Kier alpha value is -3.95. The van der Waals surface area contributed by atoms with Gasteiger partial charge in [-0.15, -0.1) is 0 Å². The number of hydrogen-bond donors (Lipinski definition) is 11. The lowest BCUT2D eigenvalue weighted by Gasteiger charge is -2.22. The summed E-state index contributed by atoms with van der Waals surface area (Å²) >= 11 is 0. The molecule has 1 unspecified atom stereocenters. The molecule has 0 heterocycles. The number of carboxylic acids is 3. The van der Waals surface area contributed by atoms with E-state index < -0.39 is 30.4 Å². The fourth-order valence-corrected chi connectivity index (χ4v) is 3.77. The van der Waals surface area contributed by atoms with E-state index in [2.05, 4.69) is 42.5 Å². The van der Waals surface area contributed by atoms with E-state index in [0.717, 1.165) is 0 Å². The molecule has 0 rings (SSSR count). The Morgan fingerprint density at radius 2 is 0.978 bits per heavy atom. The average Bonchev–Trinajstić information content (AvgIpc) is 2.98. The molecule has 1 atom stereocenters. The molecule has 46 heavy (non-hydrogen) atoms. The van der Waals surface area contributed by atoms with E-state index in [1.165, 1.54) is 14.1 Å². The van der Waals surface area contributed by atoms with Crippen molar-refractivity contribution in [2.45, 2.75) is 12.5 Å². The maximum atomic E-state index is 12.5. The first-order valence-electron chi connectivity index (χ1n) is 14.8. The third-order valence-corrected chi connectivity index (χ3v) is 6.13. The lowest BCUT2D eigenvalue weighted by Crippen LogP contribution is -2.47. The molecule has 20 heteroatoms. The molecule has 4 amide bonds. The van der Waals surface area contributed by atoms with Gasteiger partial charge in [-0.05, 0) is 0 Å². The van der Waals surface area contributed by atoms with Gasteiger partial charge in [0.15, 0.2) is 0 Å². The number of nitrogens with one attached hydrogen (secondary N) is 8. The van der Waals surface area contributed by atoms with E-state index >= 15 is 0 Å². The zero-order valence-electron chi connectivity index (χ0n) is 26.5. The van der Waals surface area contributed by atoms with Crippen LogP contribution in [0.4, 0.5) is 0 Å². The third kappa shape index (κ3) is 24.4. The number of carbonyl (C=O) groups excluding carboxylic acids is 4. The zero-order chi connectivity index (χ0) is 34.7. The first-order valence-corrected chi connectivity index (χ1v) is 14.8. The van der Waals surface area contributed by atoms with Gasteiger partial charge in [-0.2, -0.15) is 0 Å². The van der Waals surface area contributed by atoms with Crippen LogP contribution < -0.4 is 42.5 Å². The standard InChI is InChI=1S/C26H50N10O10/c1-27-20(37)15-35(11-9-29-3-4-31-14-25(43)44)17-22(39)33-7-8-34-23(40)18-36(16-21(38)28-2)12-10-30-5-6-32-19(26(45)46)13-24(41)42/h19,29-32H,3-18H2,1-2H3,(H,27,37)(H,28,38)(H,33,39)(H,34,40)(H,41,42)(H,43,44)(H,45,46). The van der Waals surface area contributed by atoms with Crippen LogP contribution in [0.1, 0.15) is 6.42 Å². The van der Waals surface area contributed by atoms with E-state index in [4.69, 9.17) is 15.3 Å². The molecule has 0 spiro atoms. The molecule has 0 aliphatic rings. The number of likely N-dealkylation sites (N-methyl/N-ethyl adjacent to an activating group) is 2. The number of amides is 4.